The van der Waals surface area contributed by atoms with Crippen LogP contribution in [0.25, 0.3) is 10.9 Å². The van der Waals surface area contributed by atoms with E-state index >= 15 is 0 Å². The molecule has 0 amide bonds. The molecule has 3 rings (SSSR count). The Kier molecular flexibility index (Phi) is 9.23. The molecular weight excluding hydrogens is 400 g/mol. The van der Waals surface area contributed by atoms with Gasteiger partial charge >= 0.3 is 59.1 Å². The Bertz CT molecular complexity index is 960. The zero-order valence-corrected chi connectivity index (χ0v) is 20.1. The van der Waals surface area contributed by atoms with E-state index in [9.17, 15) is 23.8 Å². The third-order valence-corrected chi connectivity index (χ3v) is 5.00. The van der Waals surface area contributed by atoms with Gasteiger partial charge in [-0.1, -0.05) is 6.92 Å². The Hall–Kier alpha value is 0.0100. The second-order valence-electron chi connectivity index (χ2n) is 4.93. The van der Waals surface area contributed by atoms with Crippen LogP contribution in [-0.2, 0) is 0 Å². The molecule has 26 heavy (non-hydrogen) atoms. The SMILES string of the molecule is CCC(=O)c1csc(C(=O)c2cn(P([O-])[O-])c3cc(F)ccc23)n1.[Na+].[Na+]. The van der Waals surface area contributed by atoms with Crippen molar-refractivity contribution in [3.05, 3.63) is 51.9 Å². The fraction of sp³-hybridized carbons (Fsp3) is 0.133. The van der Waals surface area contributed by atoms with Crippen LogP contribution in [0.1, 0.15) is 39.2 Å². The Morgan fingerprint density at radius 1 is 1.31 bits per heavy atom. The summed E-state index contributed by atoms with van der Waals surface area (Å²) in [4.78, 5) is 51.0. The van der Waals surface area contributed by atoms with Crippen molar-refractivity contribution in [1.82, 2.24) is 9.32 Å². The molecule has 0 fully saturated rings. The first-order valence-electron chi connectivity index (χ1n) is 6.91. The number of benzene rings is 1. The van der Waals surface area contributed by atoms with Gasteiger partial charge in [-0.3, -0.25) is 9.59 Å². The summed E-state index contributed by atoms with van der Waals surface area (Å²) in [6.07, 6.45) is 1.41. The molecule has 0 radical (unpaired) electrons. The molecule has 0 aliphatic heterocycles. The fourth-order valence-electron chi connectivity index (χ4n) is 2.30. The molecule has 0 aliphatic rings. The van der Waals surface area contributed by atoms with Crippen LogP contribution >= 0.6 is 19.9 Å². The van der Waals surface area contributed by atoms with Gasteiger partial charge in [-0.05, 0) is 18.2 Å². The van der Waals surface area contributed by atoms with Gasteiger partial charge in [0.2, 0.25) is 5.78 Å². The number of hydrogen-bond acceptors (Lipinski definition) is 6. The minimum atomic E-state index is -3.06. The molecule has 0 aliphatic carbocycles. The number of aromatic nitrogens is 2. The van der Waals surface area contributed by atoms with E-state index in [0.29, 0.717) is 5.39 Å². The molecule has 0 bridgehead atoms. The van der Waals surface area contributed by atoms with E-state index in [1.807, 2.05) is 0 Å². The number of halogens is 1. The van der Waals surface area contributed by atoms with Crippen molar-refractivity contribution in [1.29, 1.82) is 0 Å². The normalized spacial score (nSPS) is 10.5. The molecule has 6 nitrogen and oxygen atoms in total. The van der Waals surface area contributed by atoms with Gasteiger partial charge in [-0.2, -0.15) is 8.53 Å². The van der Waals surface area contributed by atoms with E-state index < -0.39 is 20.1 Å². The third kappa shape index (κ3) is 4.70. The quantitative estimate of drug-likeness (QED) is 0.242. The van der Waals surface area contributed by atoms with Crippen LogP contribution in [-0.4, -0.2) is 20.9 Å². The molecule has 0 saturated heterocycles. The van der Waals surface area contributed by atoms with Crippen LogP contribution in [0.2, 0.25) is 0 Å². The molecule has 0 saturated carbocycles. The van der Waals surface area contributed by atoms with Crippen molar-refractivity contribution in [2.75, 3.05) is 0 Å². The van der Waals surface area contributed by atoms with Gasteiger partial charge in [-0.15, -0.1) is 11.3 Å². The first-order valence-corrected chi connectivity index (χ1v) is 8.92. The van der Waals surface area contributed by atoms with Crippen molar-refractivity contribution in [3.63, 3.8) is 0 Å². The Morgan fingerprint density at radius 2 is 2.00 bits per heavy atom. The largest absolute Gasteiger partial charge is 1.00 e. The maximum atomic E-state index is 13.4. The third-order valence-electron chi connectivity index (χ3n) is 3.47. The summed E-state index contributed by atoms with van der Waals surface area (Å²) in [5, 5.41) is 1.88. The van der Waals surface area contributed by atoms with Crippen LogP contribution in [0, 0.1) is 5.82 Å². The summed E-state index contributed by atoms with van der Waals surface area (Å²) in [6.45, 7) is 1.69. The summed E-state index contributed by atoms with van der Waals surface area (Å²) in [7, 11) is -3.06. The molecule has 0 spiro atoms. The van der Waals surface area contributed by atoms with E-state index in [1.165, 1.54) is 11.4 Å². The number of nitrogens with zero attached hydrogens (tertiary/aromatic N) is 2. The van der Waals surface area contributed by atoms with Crippen LogP contribution in [0.3, 0.4) is 0 Å². The summed E-state index contributed by atoms with van der Waals surface area (Å²) in [5.41, 5.74) is 0.375. The Labute approximate surface area is 198 Å². The van der Waals surface area contributed by atoms with Crippen molar-refractivity contribution >= 4 is 42.3 Å². The van der Waals surface area contributed by atoms with Gasteiger partial charge in [0, 0.05) is 23.4 Å². The number of carbonyl (C=O) groups is 2. The van der Waals surface area contributed by atoms with E-state index in [-0.39, 0.29) is 93.1 Å². The number of carbonyl (C=O) groups excluding carboxylic acids is 2. The van der Waals surface area contributed by atoms with Crippen molar-refractivity contribution < 1.29 is 82.9 Å². The van der Waals surface area contributed by atoms with Crippen LogP contribution in [0.5, 0.6) is 0 Å². The van der Waals surface area contributed by atoms with Gasteiger partial charge in [0.25, 0.3) is 0 Å². The maximum absolute atomic E-state index is 13.4. The van der Waals surface area contributed by atoms with Gasteiger partial charge in [0.15, 0.2) is 10.8 Å². The zero-order chi connectivity index (χ0) is 17.4. The Balaban J connectivity index is 0.00000169. The van der Waals surface area contributed by atoms with Crippen molar-refractivity contribution in [3.8, 4) is 0 Å². The van der Waals surface area contributed by atoms with E-state index in [0.717, 1.165) is 34.0 Å². The number of Topliss-reactive ketones (excluding diaryl/α,β-unsaturated/α-hetero) is 1. The van der Waals surface area contributed by atoms with E-state index in [4.69, 9.17) is 0 Å². The number of ketones is 2. The van der Waals surface area contributed by atoms with Crippen LogP contribution in [0.4, 0.5) is 4.39 Å². The Morgan fingerprint density at radius 3 is 2.62 bits per heavy atom. The predicted octanol–water partition coefficient (Wildman–Crippen LogP) is -4.14. The fourth-order valence-corrected chi connectivity index (χ4v) is 3.63. The second-order valence-corrected chi connectivity index (χ2v) is 6.70. The average molecular weight is 410 g/mol. The molecular formula is C15H10FN2Na2O4PS. The standard InChI is InChI=1S/C15H10FN2O4PS.2Na/c1-2-13(19)11-7-24-15(17-11)14(20)10-6-18(23(21)22)12-5-8(16)3-4-9(10)12;;/h3-7H,2H2,1H3;;/q-2;2*+1. The summed E-state index contributed by atoms with van der Waals surface area (Å²) in [6, 6.07) is 3.54. The van der Waals surface area contributed by atoms with Crippen molar-refractivity contribution in [2.45, 2.75) is 13.3 Å². The average Bonchev–Trinajstić information content (AvgIpc) is 3.18. The van der Waals surface area contributed by atoms with E-state index in [2.05, 4.69) is 4.98 Å². The molecule has 0 atom stereocenters. The molecule has 2 heterocycles. The molecule has 11 heteroatoms. The number of fused-ring (bicyclic) bond motifs is 1. The zero-order valence-electron chi connectivity index (χ0n) is 14.4. The van der Waals surface area contributed by atoms with E-state index in [1.54, 1.807) is 6.92 Å². The molecule has 0 N–H and O–H groups in total. The minimum Gasteiger partial charge on any atom is -0.825 e. The second kappa shape index (κ2) is 9.98. The van der Waals surface area contributed by atoms with Crippen LogP contribution in [0.15, 0.2) is 29.8 Å². The van der Waals surface area contributed by atoms with Gasteiger partial charge in [-0.25, -0.2) is 9.37 Å². The first-order chi connectivity index (χ1) is 11.4. The van der Waals surface area contributed by atoms with Gasteiger partial charge in [0.1, 0.15) is 11.5 Å². The summed E-state index contributed by atoms with van der Waals surface area (Å²) >= 11 is 1.01. The first kappa shape index (κ1) is 24.0. The molecule has 3 aromatic rings. The maximum Gasteiger partial charge on any atom is 1.00 e. The number of rotatable bonds is 5. The predicted molar refractivity (Wildman–Crippen MR) is 84.4 cm³/mol. The topological polar surface area (TPSA) is 98.1 Å². The molecule has 0 unspecified atom stereocenters. The monoisotopic (exact) mass is 410 g/mol. The number of thiazole rings is 1. The van der Waals surface area contributed by atoms with Crippen molar-refractivity contribution in [2.24, 2.45) is 0 Å². The summed E-state index contributed by atoms with van der Waals surface area (Å²) in [5.74, 6) is -1.30. The van der Waals surface area contributed by atoms with Crippen LogP contribution < -0.4 is 68.9 Å². The molecule has 2 aromatic heterocycles. The van der Waals surface area contributed by atoms with Gasteiger partial charge < -0.3 is 14.1 Å². The minimum absolute atomic E-state index is 0. The molecule has 124 valence electrons. The summed E-state index contributed by atoms with van der Waals surface area (Å²) < 4.78 is 14.2. The smallest absolute Gasteiger partial charge is 0.825 e. The number of hydrogen-bond donors (Lipinski definition) is 0. The molecule has 1 aromatic carbocycles. The van der Waals surface area contributed by atoms with Gasteiger partial charge in [0.05, 0.1) is 11.1 Å².